The molecule has 3 heterocycles. The van der Waals surface area contributed by atoms with E-state index < -0.39 is 10.0 Å². The van der Waals surface area contributed by atoms with Crippen LogP contribution in [0, 0.1) is 6.92 Å². The Bertz CT molecular complexity index is 1370. The molecule has 0 aliphatic carbocycles. The van der Waals surface area contributed by atoms with Gasteiger partial charge in [-0.05, 0) is 55.8 Å². The van der Waals surface area contributed by atoms with Crippen LogP contribution in [-0.2, 0) is 10.0 Å². The zero-order valence-corrected chi connectivity index (χ0v) is 18.8. The van der Waals surface area contributed by atoms with Crippen LogP contribution < -0.4 is 4.90 Å². The van der Waals surface area contributed by atoms with Crippen molar-refractivity contribution in [2.24, 2.45) is 0 Å². The summed E-state index contributed by atoms with van der Waals surface area (Å²) >= 11 is 6.21. The standard InChI is InChI=1S/C23H23ClN4O2S/c1-17-5-8-19(9-6-17)31(29,30)27-12-3-11-26(14-15-27)23-22-4-2-13-28(22)21-10-7-18(24)16-20(21)25-23/h2,4-10,13,16H,3,11-12,14-15H2,1H3. The minimum Gasteiger partial charge on any atom is -0.353 e. The first-order valence-electron chi connectivity index (χ1n) is 10.3. The molecule has 4 aromatic rings. The number of sulfonamides is 1. The van der Waals surface area contributed by atoms with E-state index in [1.165, 1.54) is 0 Å². The smallest absolute Gasteiger partial charge is 0.243 e. The number of halogens is 1. The third-order valence-electron chi connectivity index (χ3n) is 5.81. The van der Waals surface area contributed by atoms with Crippen molar-refractivity contribution in [2.75, 3.05) is 31.1 Å². The Kier molecular flexibility index (Phi) is 5.12. The number of nitrogens with zero attached hydrogens (tertiary/aromatic N) is 4. The molecule has 0 unspecified atom stereocenters. The summed E-state index contributed by atoms with van der Waals surface area (Å²) in [6, 6.07) is 16.8. The first-order chi connectivity index (χ1) is 14.9. The number of benzene rings is 2. The number of aromatic nitrogens is 2. The van der Waals surface area contributed by atoms with Gasteiger partial charge < -0.3 is 9.30 Å². The molecule has 2 aromatic carbocycles. The van der Waals surface area contributed by atoms with E-state index in [1.807, 2.05) is 55.6 Å². The van der Waals surface area contributed by atoms with Gasteiger partial charge in [-0.1, -0.05) is 29.3 Å². The summed E-state index contributed by atoms with van der Waals surface area (Å²) in [6.07, 6.45) is 2.75. The Labute approximate surface area is 186 Å². The molecule has 0 radical (unpaired) electrons. The lowest BCUT2D eigenvalue weighted by atomic mass is 10.2. The van der Waals surface area contributed by atoms with E-state index in [9.17, 15) is 8.42 Å². The fraction of sp³-hybridized carbons (Fsp3) is 0.261. The van der Waals surface area contributed by atoms with E-state index in [4.69, 9.17) is 16.6 Å². The molecule has 1 saturated heterocycles. The summed E-state index contributed by atoms with van der Waals surface area (Å²) < 4.78 is 30.0. The predicted molar refractivity (Wildman–Crippen MR) is 124 cm³/mol. The van der Waals surface area contributed by atoms with Gasteiger partial charge in [0.2, 0.25) is 10.0 Å². The Hall–Kier alpha value is -2.61. The molecule has 1 fully saturated rings. The van der Waals surface area contributed by atoms with Crippen molar-refractivity contribution in [1.82, 2.24) is 13.7 Å². The van der Waals surface area contributed by atoms with Gasteiger partial charge in [0, 0.05) is 37.4 Å². The van der Waals surface area contributed by atoms with Gasteiger partial charge in [0.1, 0.15) is 0 Å². The number of rotatable bonds is 3. The van der Waals surface area contributed by atoms with Gasteiger partial charge in [-0.3, -0.25) is 0 Å². The van der Waals surface area contributed by atoms with Crippen LogP contribution in [0.3, 0.4) is 0 Å². The predicted octanol–water partition coefficient (Wildman–Crippen LogP) is 4.35. The fourth-order valence-electron chi connectivity index (χ4n) is 4.17. The summed E-state index contributed by atoms with van der Waals surface area (Å²) in [7, 11) is -3.52. The second kappa shape index (κ2) is 7.82. The van der Waals surface area contributed by atoms with Gasteiger partial charge in [-0.2, -0.15) is 4.31 Å². The van der Waals surface area contributed by atoms with Crippen molar-refractivity contribution < 1.29 is 8.42 Å². The number of hydrogen-bond donors (Lipinski definition) is 0. The van der Waals surface area contributed by atoms with Crippen LogP contribution in [0.5, 0.6) is 0 Å². The molecule has 0 saturated carbocycles. The van der Waals surface area contributed by atoms with Crippen molar-refractivity contribution in [2.45, 2.75) is 18.2 Å². The first kappa shape index (κ1) is 20.3. The van der Waals surface area contributed by atoms with E-state index in [2.05, 4.69) is 9.30 Å². The molecule has 8 heteroatoms. The molecule has 0 atom stereocenters. The van der Waals surface area contributed by atoms with Gasteiger partial charge in [-0.25, -0.2) is 13.4 Å². The van der Waals surface area contributed by atoms with Crippen molar-refractivity contribution in [3.05, 3.63) is 71.4 Å². The summed E-state index contributed by atoms with van der Waals surface area (Å²) in [5.74, 6) is 0.856. The summed E-state index contributed by atoms with van der Waals surface area (Å²) in [5, 5.41) is 0.642. The first-order valence-corrected chi connectivity index (χ1v) is 12.1. The van der Waals surface area contributed by atoms with Crippen LogP contribution in [-0.4, -0.2) is 48.3 Å². The minimum absolute atomic E-state index is 0.346. The zero-order chi connectivity index (χ0) is 21.6. The van der Waals surface area contributed by atoms with Crippen molar-refractivity contribution in [3.63, 3.8) is 0 Å². The molecule has 0 bridgehead atoms. The Morgan fingerprint density at radius 3 is 2.55 bits per heavy atom. The topological polar surface area (TPSA) is 57.9 Å². The SMILES string of the molecule is Cc1ccc(S(=O)(=O)N2CCCN(c3nc4cc(Cl)ccc4n4cccc34)CC2)cc1. The Morgan fingerprint density at radius 1 is 0.935 bits per heavy atom. The molecular weight excluding hydrogens is 432 g/mol. The second-order valence-corrected chi connectivity index (χ2v) is 10.3. The Morgan fingerprint density at radius 2 is 1.74 bits per heavy atom. The van der Waals surface area contributed by atoms with E-state index in [0.29, 0.717) is 29.6 Å². The molecular formula is C23H23ClN4O2S. The highest BCUT2D eigenvalue weighted by molar-refractivity contribution is 7.89. The minimum atomic E-state index is -3.52. The third kappa shape index (κ3) is 3.67. The molecule has 0 N–H and O–H groups in total. The molecule has 1 aliphatic rings. The van der Waals surface area contributed by atoms with Crippen molar-refractivity contribution >= 4 is 44.0 Å². The maximum absolute atomic E-state index is 13.2. The highest BCUT2D eigenvalue weighted by atomic mass is 35.5. The zero-order valence-electron chi connectivity index (χ0n) is 17.2. The number of fused-ring (bicyclic) bond motifs is 3. The van der Waals surface area contributed by atoms with Gasteiger partial charge >= 0.3 is 0 Å². The largest absolute Gasteiger partial charge is 0.353 e. The Balaban J connectivity index is 1.47. The van der Waals surface area contributed by atoms with Crippen LogP contribution in [0.1, 0.15) is 12.0 Å². The molecule has 6 nitrogen and oxygen atoms in total. The monoisotopic (exact) mass is 454 g/mol. The van der Waals surface area contributed by atoms with E-state index in [1.54, 1.807) is 16.4 Å². The van der Waals surface area contributed by atoms with Gasteiger partial charge in [-0.15, -0.1) is 0 Å². The molecule has 0 amide bonds. The summed E-state index contributed by atoms with van der Waals surface area (Å²) in [4.78, 5) is 7.44. The van der Waals surface area contributed by atoms with E-state index in [0.717, 1.165) is 40.9 Å². The van der Waals surface area contributed by atoms with E-state index in [-0.39, 0.29) is 0 Å². The highest BCUT2D eigenvalue weighted by Crippen LogP contribution is 2.28. The lowest BCUT2D eigenvalue weighted by molar-refractivity contribution is 0.433. The van der Waals surface area contributed by atoms with E-state index >= 15 is 0 Å². The molecule has 2 aromatic heterocycles. The van der Waals surface area contributed by atoms with Crippen LogP contribution in [0.25, 0.3) is 16.6 Å². The number of hydrogen-bond acceptors (Lipinski definition) is 4. The second-order valence-electron chi connectivity index (χ2n) is 7.89. The number of aryl methyl sites for hydroxylation is 1. The summed E-state index contributed by atoms with van der Waals surface area (Å²) in [6.45, 7) is 4.17. The lowest BCUT2D eigenvalue weighted by Gasteiger charge is -2.24. The van der Waals surface area contributed by atoms with Crippen molar-refractivity contribution in [1.29, 1.82) is 0 Å². The molecule has 160 valence electrons. The van der Waals surface area contributed by atoms with Gasteiger partial charge in [0.05, 0.1) is 21.4 Å². The molecule has 1 aliphatic heterocycles. The average Bonchev–Trinajstić information content (AvgIpc) is 3.10. The highest BCUT2D eigenvalue weighted by Gasteiger charge is 2.28. The molecule has 0 spiro atoms. The fourth-order valence-corrected chi connectivity index (χ4v) is 5.81. The van der Waals surface area contributed by atoms with Crippen LogP contribution >= 0.6 is 11.6 Å². The number of anilines is 1. The van der Waals surface area contributed by atoms with Crippen LogP contribution in [0.4, 0.5) is 5.82 Å². The summed E-state index contributed by atoms with van der Waals surface area (Å²) in [5.41, 5.74) is 3.86. The van der Waals surface area contributed by atoms with Gasteiger partial charge in [0.15, 0.2) is 5.82 Å². The normalized spacial score (nSPS) is 16.1. The average molecular weight is 455 g/mol. The third-order valence-corrected chi connectivity index (χ3v) is 7.96. The molecule has 31 heavy (non-hydrogen) atoms. The van der Waals surface area contributed by atoms with Crippen LogP contribution in [0.15, 0.2) is 65.7 Å². The maximum atomic E-state index is 13.2. The lowest BCUT2D eigenvalue weighted by Crippen LogP contribution is -2.35. The van der Waals surface area contributed by atoms with Gasteiger partial charge in [0.25, 0.3) is 0 Å². The maximum Gasteiger partial charge on any atom is 0.243 e. The van der Waals surface area contributed by atoms with Crippen molar-refractivity contribution in [3.8, 4) is 0 Å². The van der Waals surface area contributed by atoms with Crippen LogP contribution in [0.2, 0.25) is 5.02 Å². The quantitative estimate of drug-likeness (QED) is 0.461. The molecule has 5 rings (SSSR count).